The zero-order valence-electron chi connectivity index (χ0n) is 10.5. The second kappa shape index (κ2) is 4.88. The van der Waals surface area contributed by atoms with Gasteiger partial charge in [0.25, 0.3) is 5.91 Å². The molecule has 1 aliphatic rings. The normalized spacial score (nSPS) is 16.6. The molecule has 1 aromatic rings. The summed E-state index contributed by atoms with van der Waals surface area (Å²) in [5, 5.41) is 6.24. The van der Waals surface area contributed by atoms with Crippen LogP contribution in [0.4, 0.5) is 0 Å². The lowest BCUT2D eigenvalue weighted by atomic mass is 10.1. The van der Waals surface area contributed by atoms with Gasteiger partial charge in [-0.2, -0.15) is 0 Å². The monoisotopic (exact) mass is 232 g/mol. The van der Waals surface area contributed by atoms with Crippen LogP contribution in [-0.2, 0) is 0 Å². The molecule has 0 bridgehead atoms. The molecule has 1 aromatic carbocycles. The van der Waals surface area contributed by atoms with E-state index < -0.39 is 0 Å². The summed E-state index contributed by atoms with van der Waals surface area (Å²) >= 11 is 0. The Morgan fingerprint density at radius 1 is 1.29 bits per heavy atom. The lowest BCUT2D eigenvalue weighted by Crippen LogP contribution is -2.35. The van der Waals surface area contributed by atoms with Crippen molar-refractivity contribution in [3.63, 3.8) is 0 Å². The summed E-state index contributed by atoms with van der Waals surface area (Å²) in [5.41, 5.74) is 2.13. The summed E-state index contributed by atoms with van der Waals surface area (Å²) in [7, 11) is 1.96. The van der Waals surface area contributed by atoms with Gasteiger partial charge in [0.1, 0.15) is 0 Å². The molecule has 92 valence electrons. The van der Waals surface area contributed by atoms with E-state index in [-0.39, 0.29) is 5.91 Å². The third kappa shape index (κ3) is 2.86. The van der Waals surface area contributed by atoms with Crippen molar-refractivity contribution in [3.05, 3.63) is 35.4 Å². The maximum atomic E-state index is 12.0. The number of carbonyl (C=O) groups is 1. The van der Waals surface area contributed by atoms with Gasteiger partial charge in [-0.3, -0.25) is 4.79 Å². The number of hydrogen-bond acceptors (Lipinski definition) is 2. The first kappa shape index (κ1) is 12.1. The third-order valence-electron chi connectivity index (χ3n) is 3.52. The highest BCUT2D eigenvalue weighted by atomic mass is 16.1. The second-order valence-corrected chi connectivity index (χ2v) is 5.03. The van der Waals surface area contributed by atoms with Gasteiger partial charge in [-0.1, -0.05) is 18.2 Å². The number of aryl methyl sites for hydroxylation is 1. The fraction of sp³-hybridized carbons (Fsp3) is 0.500. The van der Waals surface area contributed by atoms with Crippen molar-refractivity contribution >= 4 is 5.91 Å². The van der Waals surface area contributed by atoms with Crippen molar-refractivity contribution in [2.24, 2.45) is 5.41 Å². The van der Waals surface area contributed by atoms with Crippen LogP contribution < -0.4 is 10.6 Å². The molecule has 0 atom stereocenters. The van der Waals surface area contributed by atoms with Crippen LogP contribution >= 0.6 is 0 Å². The highest BCUT2D eigenvalue weighted by Gasteiger charge is 2.41. The Hall–Kier alpha value is -1.35. The topological polar surface area (TPSA) is 41.1 Å². The fourth-order valence-electron chi connectivity index (χ4n) is 2.16. The van der Waals surface area contributed by atoms with Gasteiger partial charge in [-0.25, -0.2) is 0 Å². The van der Waals surface area contributed by atoms with Crippen molar-refractivity contribution in [3.8, 4) is 0 Å². The van der Waals surface area contributed by atoms with Crippen LogP contribution in [0.5, 0.6) is 0 Å². The van der Waals surface area contributed by atoms with Crippen LogP contribution in [0.15, 0.2) is 24.3 Å². The predicted octanol–water partition coefficient (Wildman–Crippen LogP) is 1.72. The molecule has 1 saturated carbocycles. The number of nitrogens with one attached hydrogen (secondary N) is 2. The van der Waals surface area contributed by atoms with Crippen LogP contribution in [0.2, 0.25) is 0 Å². The molecule has 2 N–H and O–H groups in total. The van der Waals surface area contributed by atoms with Gasteiger partial charge >= 0.3 is 0 Å². The maximum Gasteiger partial charge on any atom is 0.251 e. The van der Waals surface area contributed by atoms with Gasteiger partial charge in [0.05, 0.1) is 0 Å². The minimum atomic E-state index is 0.0467. The molecule has 0 spiro atoms. The average Bonchev–Trinajstić information content (AvgIpc) is 3.08. The third-order valence-corrected chi connectivity index (χ3v) is 3.52. The Morgan fingerprint density at radius 2 is 2.00 bits per heavy atom. The Morgan fingerprint density at radius 3 is 2.59 bits per heavy atom. The highest BCUT2D eigenvalue weighted by molar-refractivity contribution is 5.95. The molecule has 17 heavy (non-hydrogen) atoms. The van der Waals surface area contributed by atoms with Crippen LogP contribution in [0.1, 0.15) is 28.8 Å². The number of benzene rings is 1. The summed E-state index contributed by atoms with van der Waals surface area (Å²) in [4.78, 5) is 12.0. The quantitative estimate of drug-likeness (QED) is 0.811. The second-order valence-electron chi connectivity index (χ2n) is 5.03. The van der Waals surface area contributed by atoms with Crippen LogP contribution in [-0.4, -0.2) is 26.0 Å². The van der Waals surface area contributed by atoms with Gasteiger partial charge in [0.2, 0.25) is 0 Å². The van der Waals surface area contributed by atoms with Gasteiger partial charge in [-0.15, -0.1) is 0 Å². The van der Waals surface area contributed by atoms with Crippen LogP contribution in [0.3, 0.4) is 0 Å². The van der Waals surface area contributed by atoms with E-state index in [9.17, 15) is 4.79 Å². The lowest BCUT2D eigenvalue weighted by molar-refractivity contribution is 0.0944. The minimum Gasteiger partial charge on any atom is -0.351 e. The van der Waals surface area contributed by atoms with Crippen molar-refractivity contribution in [1.29, 1.82) is 0 Å². The van der Waals surface area contributed by atoms with Gasteiger partial charge in [0, 0.05) is 24.1 Å². The summed E-state index contributed by atoms with van der Waals surface area (Å²) < 4.78 is 0. The van der Waals surface area contributed by atoms with E-state index in [1.54, 1.807) is 0 Å². The predicted molar refractivity (Wildman–Crippen MR) is 69.1 cm³/mol. The zero-order valence-corrected chi connectivity index (χ0v) is 10.5. The van der Waals surface area contributed by atoms with Crippen molar-refractivity contribution in [2.75, 3.05) is 20.1 Å². The minimum absolute atomic E-state index is 0.0467. The van der Waals surface area contributed by atoms with E-state index in [1.807, 2.05) is 38.2 Å². The summed E-state index contributed by atoms with van der Waals surface area (Å²) in [5.74, 6) is 0.0467. The Labute approximate surface area is 103 Å². The van der Waals surface area contributed by atoms with Crippen molar-refractivity contribution in [2.45, 2.75) is 19.8 Å². The van der Waals surface area contributed by atoms with E-state index in [0.29, 0.717) is 5.41 Å². The Bertz CT molecular complexity index is 410. The number of rotatable bonds is 5. The first-order chi connectivity index (χ1) is 8.17. The molecule has 1 amide bonds. The van der Waals surface area contributed by atoms with E-state index >= 15 is 0 Å². The molecule has 2 rings (SSSR count). The molecule has 0 radical (unpaired) electrons. The number of hydrogen-bond donors (Lipinski definition) is 2. The summed E-state index contributed by atoms with van der Waals surface area (Å²) in [6, 6.07) is 7.70. The first-order valence-corrected chi connectivity index (χ1v) is 6.15. The van der Waals surface area contributed by atoms with E-state index in [1.165, 1.54) is 12.8 Å². The number of amides is 1. The first-order valence-electron chi connectivity index (χ1n) is 6.15. The highest BCUT2D eigenvalue weighted by Crippen LogP contribution is 2.44. The molecule has 1 aliphatic carbocycles. The molecule has 0 unspecified atom stereocenters. The molecule has 0 saturated heterocycles. The Kier molecular flexibility index (Phi) is 3.48. The van der Waals surface area contributed by atoms with E-state index in [0.717, 1.165) is 24.2 Å². The largest absolute Gasteiger partial charge is 0.351 e. The van der Waals surface area contributed by atoms with Crippen molar-refractivity contribution < 1.29 is 4.79 Å². The molecule has 0 heterocycles. The average molecular weight is 232 g/mol. The molecular weight excluding hydrogens is 212 g/mol. The molecular formula is C14H20N2O. The molecule has 3 nitrogen and oxygen atoms in total. The fourth-order valence-corrected chi connectivity index (χ4v) is 2.16. The summed E-state index contributed by atoms with van der Waals surface area (Å²) in [6.07, 6.45) is 2.42. The van der Waals surface area contributed by atoms with E-state index in [4.69, 9.17) is 0 Å². The standard InChI is InChI=1S/C14H20N2O/c1-11-5-3-4-6-12(11)13(17)16-10-14(7-8-14)9-15-2/h3-6,15H,7-10H2,1-2H3,(H,16,17). The molecule has 1 fully saturated rings. The van der Waals surface area contributed by atoms with Crippen LogP contribution in [0, 0.1) is 12.3 Å². The van der Waals surface area contributed by atoms with Gasteiger partial charge in [-0.05, 0) is 38.4 Å². The SMILES string of the molecule is CNCC1(CNC(=O)c2ccccc2C)CC1. The van der Waals surface area contributed by atoms with Gasteiger partial charge in [0.15, 0.2) is 0 Å². The van der Waals surface area contributed by atoms with Crippen LogP contribution in [0.25, 0.3) is 0 Å². The zero-order chi connectivity index (χ0) is 12.3. The summed E-state index contributed by atoms with van der Waals surface area (Å²) in [6.45, 7) is 3.73. The van der Waals surface area contributed by atoms with Crippen molar-refractivity contribution in [1.82, 2.24) is 10.6 Å². The smallest absolute Gasteiger partial charge is 0.251 e. The molecule has 0 aromatic heterocycles. The Balaban J connectivity index is 1.92. The van der Waals surface area contributed by atoms with E-state index in [2.05, 4.69) is 10.6 Å². The number of carbonyl (C=O) groups excluding carboxylic acids is 1. The van der Waals surface area contributed by atoms with Gasteiger partial charge < -0.3 is 10.6 Å². The maximum absolute atomic E-state index is 12.0. The lowest BCUT2D eigenvalue weighted by Gasteiger charge is -2.15. The molecule has 0 aliphatic heterocycles. The molecule has 3 heteroatoms.